The summed E-state index contributed by atoms with van der Waals surface area (Å²) < 4.78 is 0. The fraction of sp³-hybridized carbons (Fsp3) is 0.250. The first-order valence-corrected chi connectivity index (χ1v) is 10.8. The third kappa shape index (κ3) is 5.34. The lowest BCUT2D eigenvalue weighted by Crippen LogP contribution is -2.52. The van der Waals surface area contributed by atoms with E-state index in [2.05, 4.69) is 86.8 Å². The molecule has 0 saturated heterocycles. The van der Waals surface area contributed by atoms with E-state index in [0.29, 0.717) is 6.54 Å². The Balaban J connectivity index is 1.85. The number of hydrogen-bond donors (Lipinski definition) is 3. The normalized spacial score (nSPS) is 13.3. The zero-order chi connectivity index (χ0) is 23.3. The molecule has 1 atom stereocenters. The Morgan fingerprint density at radius 3 is 2.38 bits per heavy atom. The summed E-state index contributed by atoms with van der Waals surface area (Å²) >= 11 is 0. The van der Waals surface area contributed by atoms with Gasteiger partial charge >= 0.3 is 5.97 Å². The molecule has 0 aliphatic rings. The van der Waals surface area contributed by atoms with Crippen LogP contribution in [0.25, 0.3) is 23.3 Å². The number of carboxylic acids is 1. The molecule has 0 aromatic heterocycles. The van der Waals surface area contributed by atoms with Gasteiger partial charge in [-0.25, -0.2) is 0 Å². The van der Waals surface area contributed by atoms with Gasteiger partial charge in [0, 0.05) is 6.54 Å². The Bertz CT molecular complexity index is 1150. The van der Waals surface area contributed by atoms with Crippen LogP contribution in [0, 0.1) is 20.8 Å². The van der Waals surface area contributed by atoms with E-state index >= 15 is 0 Å². The largest absolute Gasteiger partial charge is 0.480 e. The molecule has 0 heterocycles. The predicted octanol–water partition coefficient (Wildman–Crippen LogP) is 5.37. The van der Waals surface area contributed by atoms with Crippen LogP contribution >= 0.6 is 0 Å². The molecule has 0 amide bonds. The Morgan fingerprint density at radius 1 is 0.969 bits per heavy atom. The van der Waals surface area contributed by atoms with E-state index in [4.69, 9.17) is 0 Å². The number of carbonyl (C=O) groups is 1. The summed E-state index contributed by atoms with van der Waals surface area (Å²) in [4.78, 5) is 11.4. The van der Waals surface area contributed by atoms with Crippen LogP contribution in [-0.4, -0.2) is 28.3 Å². The van der Waals surface area contributed by atoms with Gasteiger partial charge in [0.15, 0.2) is 0 Å². The molecular weight excluding hydrogens is 398 g/mol. The van der Waals surface area contributed by atoms with Crippen molar-refractivity contribution in [1.29, 1.82) is 0 Å². The van der Waals surface area contributed by atoms with Crippen molar-refractivity contribution < 1.29 is 15.0 Å². The second-order valence-electron chi connectivity index (χ2n) is 8.56. The van der Waals surface area contributed by atoms with Crippen LogP contribution in [0.1, 0.15) is 40.3 Å². The van der Waals surface area contributed by atoms with Crippen LogP contribution in [0.4, 0.5) is 0 Å². The van der Waals surface area contributed by atoms with Crippen molar-refractivity contribution in [3.05, 3.63) is 94.0 Å². The smallest absolute Gasteiger partial charge is 0.326 e. The first kappa shape index (κ1) is 23.5. The van der Waals surface area contributed by atoms with Gasteiger partial charge in [-0.15, -0.1) is 0 Å². The minimum Gasteiger partial charge on any atom is -0.480 e. The molecular formula is C28H31NO3. The molecule has 3 N–H and O–H groups in total. The van der Waals surface area contributed by atoms with Crippen molar-refractivity contribution in [3.8, 4) is 11.1 Å². The van der Waals surface area contributed by atoms with Crippen molar-refractivity contribution in [2.75, 3.05) is 6.61 Å². The minimum atomic E-state index is -1.37. The Kier molecular flexibility index (Phi) is 7.29. The van der Waals surface area contributed by atoms with Gasteiger partial charge < -0.3 is 10.2 Å². The highest BCUT2D eigenvalue weighted by molar-refractivity contribution is 5.79. The highest BCUT2D eigenvalue weighted by atomic mass is 16.4. The molecule has 4 nitrogen and oxygen atoms in total. The molecule has 3 rings (SSSR count). The van der Waals surface area contributed by atoms with Crippen LogP contribution < -0.4 is 5.32 Å². The fourth-order valence-electron chi connectivity index (χ4n) is 3.61. The predicted molar refractivity (Wildman–Crippen MR) is 131 cm³/mol. The van der Waals surface area contributed by atoms with Crippen LogP contribution in [0.2, 0.25) is 0 Å². The van der Waals surface area contributed by atoms with Gasteiger partial charge in [-0.05, 0) is 66.6 Å². The van der Waals surface area contributed by atoms with Crippen LogP contribution in [0.5, 0.6) is 0 Å². The van der Waals surface area contributed by atoms with Gasteiger partial charge in [0.1, 0.15) is 5.54 Å². The summed E-state index contributed by atoms with van der Waals surface area (Å²) in [5.41, 5.74) is 7.87. The number of aliphatic carboxylic acids is 1. The molecule has 0 bridgehead atoms. The maximum Gasteiger partial charge on any atom is 0.326 e. The van der Waals surface area contributed by atoms with Gasteiger partial charge in [0.05, 0.1) is 6.61 Å². The summed E-state index contributed by atoms with van der Waals surface area (Å²) in [5, 5.41) is 21.7. The zero-order valence-electron chi connectivity index (χ0n) is 19.1. The van der Waals surface area contributed by atoms with Gasteiger partial charge in [0.25, 0.3) is 0 Å². The molecule has 0 spiro atoms. The van der Waals surface area contributed by atoms with Crippen molar-refractivity contribution in [2.24, 2.45) is 0 Å². The molecule has 1 unspecified atom stereocenters. The lowest BCUT2D eigenvalue weighted by Gasteiger charge is -2.24. The molecule has 32 heavy (non-hydrogen) atoms. The monoisotopic (exact) mass is 429 g/mol. The summed E-state index contributed by atoms with van der Waals surface area (Å²) in [6.07, 6.45) is 4.23. The maximum atomic E-state index is 11.4. The Hall–Kier alpha value is -3.21. The number of rotatable bonds is 8. The number of aliphatic hydroxyl groups is 1. The van der Waals surface area contributed by atoms with E-state index in [9.17, 15) is 15.0 Å². The lowest BCUT2D eigenvalue weighted by atomic mass is 9.94. The van der Waals surface area contributed by atoms with E-state index in [1.165, 1.54) is 29.2 Å². The van der Waals surface area contributed by atoms with Crippen molar-refractivity contribution >= 4 is 18.1 Å². The van der Waals surface area contributed by atoms with Crippen LogP contribution in [0.15, 0.2) is 60.7 Å². The highest BCUT2D eigenvalue weighted by Crippen LogP contribution is 2.27. The highest BCUT2D eigenvalue weighted by Gasteiger charge is 2.31. The van der Waals surface area contributed by atoms with Crippen molar-refractivity contribution in [1.82, 2.24) is 5.32 Å². The summed E-state index contributed by atoms with van der Waals surface area (Å²) in [7, 11) is 0. The SMILES string of the molecule is Cc1cccc(-c2cccc(C=Cc3cc(CNC(C)(CO)C(=O)O)ccc3C)c2C)c1. The van der Waals surface area contributed by atoms with E-state index in [-0.39, 0.29) is 0 Å². The lowest BCUT2D eigenvalue weighted by molar-refractivity contribution is -0.145. The van der Waals surface area contributed by atoms with Crippen LogP contribution in [0.3, 0.4) is 0 Å². The zero-order valence-corrected chi connectivity index (χ0v) is 19.1. The van der Waals surface area contributed by atoms with Gasteiger partial charge in [-0.2, -0.15) is 0 Å². The number of carboxylic acid groups (broad SMARTS) is 1. The first-order chi connectivity index (χ1) is 15.2. The van der Waals surface area contributed by atoms with Gasteiger partial charge in [0.2, 0.25) is 0 Å². The molecule has 0 aliphatic heterocycles. The van der Waals surface area contributed by atoms with Gasteiger partial charge in [-0.3, -0.25) is 10.1 Å². The van der Waals surface area contributed by atoms with E-state index in [1.807, 2.05) is 12.1 Å². The third-order valence-corrected chi connectivity index (χ3v) is 5.96. The number of aliphatic hydroxyl groups excluding tert-OH is 1. The average molecular weight is 430 g/mol. The Labute approximate surface area is 190 Å². The molecule has 3 aromatic carbocycles. The molecule has 4 heteroatoms. The molecule has 166 valence electrons. The third-order valence-electron chi connectivity index (χ3n) is 5.96. The first-order valence-electron chi connectivity index (χ1n) is 10.8. The number of hydrogen-bond acceptors (Lipinski definition) is 3. The van der Waals surface area contributed by atoms with Crippen molar-refractivity contribution in [3.63, 3.8) is 0 Å². The standard InChI is InChI=1S/C28H31NO3/c1-19-7-5-9-25(15-19)26-10-6-8-23(21(26)3)13-14-24-16-22(12-11-20(24)2)17-29-28(4,18-30)27(31)32/h5-16,29-30H,17-18H2,1-4H3,(H,31,32). The minimum absolute atomic E-state index is 0.354. The molecule has 0 radical (unpaired) electrons. The molecule has 0 saturated carbocycles. The summed E-state index contributed by atoms with van der Waals surface area (Å²) in [6, 6.07) is 20.9. The Morgan fingerprint density at radius 2 is 1.69 bits per heavy atom. The van der Waals surface area contributed by atoms with E-state index in [0.717, 1.165) is 22.3 Å². The van der Waals surface area contributed by atoms with E-state index in [1.54, 1.807) is 0 Å². The second-order valence-corrected chi connectivity index (χ2v) is 8.56. The fourth-order valence-corrected chi connectivity index (χ4v) is 3.61. The quantitative estimate of drug-likeness (QED) is 0.421. The summed E-state index contributed by atoms with van der Waals surface area (Å²) in [6.45, 7) is 7.67. The van der Waals surface area contributed by atoms with Crippen LogP contribution in [-0.2, 0) is 11.3 Å². The average Bonchev–Trinajstić information content (AvgIpc) is 2.78. The maximum absolute atomic E-state index is 11.4. The number of benzene rings is 3. The second kappa shape index (κ2) is 9.94. The topological polar surface area (TPSA) is 69.6 Å². The van der Waals surface area contributed by atoms with Gasteiger partial charge in [-0.1, -0.05) is 78.4 Å². The number of nitrogens with one attached hydrogen (secondary N) is 1. The van der Waals surface area contributed by atoms with E-state index < -0.39 is 18.1 Å². The van der Waals surface area contributed by atoms with Crippen molar-refractivity contribution in [2.45, 2.75) is 39.8 Å². The molecule has 0 fully saturated rings. The molecule has 0 aliphatic carbocycles. The summed E-state index contributed by atoms with van der Waals surface area (Å²) in [5.74, 6) is -1.07. The number of aryl methyl sites for hydroxylation is 2. The molecule has 3 aromatic rings.